The Hall–Kier alpha value is -2.70. The third kappa shape index (κ3) is 3.29. The van der Waals surface area contributed by atoms with Gasteiger partial charge >= 0.3 is 5.97 Å². The van der Waals surface area contributed by atoms with E-state index in [-0.39, 0.29) is 34.7 Å². The van der Waals surface area contributed by atoms with Crippen molar-refractivity contribution in [3.8, 4) is 17.0 Å². The standard InChI is InChI=1S/C17H17F2NO4/c1-4-24-17(22)13-8-14(20(2)16(21)15(13)23-3)11-5-10(9-18)6-12(19)7-11/h5-8H,4,9H2,1-3H3. The van der Waals surface area contributed by atoms with E-state index in [0.717, 1.165) is 12.1 Å². The zero-order chi connectivity index (χ0) is 17.9. The second kappa shape index (κ2) is 7.25. The number of pyridine rings is 1. The maximum absolute atomic E-state index is 13.7. The van der Waals surface area contributed by atoms with Gasteiger partial charge in [0.25, 0.3) is 5.56 Å². The van der Waals surface area contributed by atoms with E-state index in [1.165, 1.54) is 30.9 Å². The van der Waals surface area contributed by atoms with Gasteiger partial charge in [-0.25, -0.2) is 13.6 Å². The van der Waals surface area contributed by atoms with Crippen LogP contribution < -0.4 is 10.3 Å². The molecule has 1 aromatic heterocycles. The van der Waals surface area contributed by atoms with Crippen molar-refractivity contribution in [2.75, 3.05) is 13.7 Å². The molecular formula is C17H17F2NO4. The SMILES string of the molecule is CCOC(=O)c1cc(-c2cc(F)cc(CF)c2)n(C)c(=O)c1OC. The van der Waals surface area contributed by atoms with E-state index >= 15 is 0 Å². The fourth-order valence-electron chi connectivity index (χ4n) is 2.39. The Balaban J connectivity index is 2.73. The van der Waals surface area contributed by atoms with Crippen LogP contribution in [0.4, 0.5) is 8.78 Å². The van der Waals surface area contributed by atoms with Gasteiger partial charge in [-0.3, -0.25) is 4.79 Å². The molecule has 5 nitrogen and oxygen atoms in total. The molecular weight excluding hydrogens is 320 g/mol. The van der Waals surface area contributed by atoms with Crippen LogP contribution in [-0.2, 0) is 18.5 Å². The highest BCUT2D eigenvalue weighted by Gasteiger charge is 2.21. The van der Waals surface area contributed by atoms with E-state index in [2.05, 4.69) is 0 Å². The Morgan fingerprint density at radius 2 is 1.96 bits per heavy atom. The Morgan fingerprint density at radius 1 is 1.25 bits per heavy atom. The van der Waals surface area contributed by atoms with E-state index in [0.29, 0.717) is 0 Å². The van der Waals surface area contributed by atoms with Gasteiger partial charge in [0, 0.05) is 12.6 Å². The quantitative estimate of drug-likeness (QED) is 0.787. The number of carbonyl (C=O) groups is 1. The first-order chi connectivity index (χ1) is 11.4. The fourth-order valence-corrected chi connectivity index (χ4v) is 2.39. The Bertz CT molecular complexity index is 830. The molecule has 0 N–H and O–H groups in total. The largest absolute Gasteiger partial charge is 0.490 e. The summed E-state index contributed by atoms with van der Waals surface area (Å²) in [6, 6.07) is 5.01. The van der Waals surface area contributed by atoms with Gasteiger partial charge < -0.3 is 14.0 Å². The molecule has 1 heterocycles. The summed E-state index contributed by atoms with van der Waals surface area (Å²) in [6.07, 6.45) is 0. The third-order valence-corrected chi connectivity index (χ3v) is 3.49. The van der Waals surface area contributed by atoms with Crippen LogP contribution >= 0.6 is 0 Å². The number of methoxy groups -OCH3 is 1. The molecule has 24 heavy (non-hydrogen) atoms. The highest BCUT2D eigenvalue weighted by atomic mass is 19.1. The molecule has 0 aliphatic carbocycles. The number of halogens is 2. The Kier molecular flexibility index (Phi) is 5.33. The van der Waals surface area contributed by atoms with Crippen molar-refractivity contribution in [3.05, 3.63) is 51.6 Å². The topological polar surface area (TPSA) is 57.5 Å². The minimum absolute atomic E-state index is 0.0662. The lowest BCUT2D eigenvalue weighted by atomic mass is 10.0. The van der Waals surface area contributed by atoms with Crippen LogP contribution in [0.1, 0.15) is 22.8 Å². The molecule has 0 bridgehead atoms. The number of alkyl halides is 1. The first kappa shape index (κ1) is 17.7. The van der Waals surface area contributed by atoms with Crippen LogP contribution in [0.5, 0.6) is 5.75 Å². The summed E-state index contributed by atoms with van der Waals surface area (Å²) in [7, 11) is 2.72. The summed E-state index contributed by atoms with van der Waals surface area (Å²) in [6.45, 7) is 0.907. The van der Waals surface area contributed by atoms with Crippen LogP contribution in [0.2, 0.25) is 0 Å². The van der Waals surface area contributed by atoms with E-state index in [1.807, 2.05) is 0 Å². The molecule has 0 aliphatic rings. The van der Waals surface area contributed by atoms with Crippen LogP contribution in [0.25, 0.3) is 11.3 Å². The zero-order valence-corrected chi connectivity index (χ0v) is 13.6. The number of hydrogen-bond acceptors (Lipinski definition) is 4. The maximum atomic E-state index is 13.7. The number of rotatable bonds is 5. The number of ether oxygens (including phenoxy) is 2. The van der Waals surface area contributed by atoms with Gasteiger partial charge in [-0.15, -0.1) is 0 Å². The number of carbonyl (C=O) groups excluding carboxylic acids is 1. The van der Waals surface area contributed by atoms with Crippen LogP contribution in [0, 0.1) is 5.82 Å². The van der Waals surface area contributed by atoms with Gasteiger partial charge in [0.2, 0.25) is 0 Å². The lowest BCUT2D eigenvalue weighted by molar-refractivity contribution is 0.0522. The van der Waals surface area contributed by atoms with Crippen molar-refractivity contribution in [1.82, 2.24) is 4.57 Å². The molecule has 0 saturated carbocycles. The van der Waals surface area contributed by atoms with Crippen molar-refractivity contribution < 1.29 is 23.0 Å². The fraction of sp³-hybridized carbons (Fsp3) is 0.294. The first-order valence-corrected chi connectivity index (χ1v) is 7.23. The molecule has 2 rings (SSSR count). The average molecular weight is 337 g/mol. The molecule has 0 unspecified atom stereocenters. The third-order valence-electron chi connectivity index (χ3n) is 3.49. The normalized spacial score (nSPS) is 10.5. The summed E-state index contributed by atoms with van der Waals surface area (Å²) < 4.78 is 37.7. The predicted molar refractivity (Wildman–Crippen MR) is 84.4 cm³/mol. The molecule has 128 valence electrons. The number of aromatic nitrogens is 1. The average Bonchev–Trinajstić information content (AvgIpc) is 2.56. The molecule has 0 aliphatic heterocycles. The van der Waals surface area contributed by atoms with Crippen LogP contribution in [0.3, 0.4) is 0 Å². The highest BCUT2D eigenvalue weighted by Crippen LogP contribution is 2.26. The minimum Gasteiger partial charge on any atom is -0.490 e. The molecule has 0 fully saturated rings. The zero-order valence-electron chi connectivity index (χ0n) is 13.6. The van der Waals surface area contributed by atoms with Crippen molar-refractivity contribution in [3.63, 3.8) is 0 Å². The van der Waals surface area contributed by atoms with Gasteiger partial charge in [-0.05, 0) is 36.8 Å². The molecule has 0 amide bonds. The van der Waals surface area contributed by atoms with Gasteiger partial charge in [-0.2, -0.15) is 0 Å². The Morgan fingerprint density at radius 3 is 2.54 bits per heavy atom. The van der Waals surface area contributed by atoms with E-state index in [1.54, 1.807) is 6.92 Å². The molecule has 1 aromatic carbocycles. The molecule has 0 radical (unpaired) electrons. The minimum atomic E-state index is -0.848. The van der Waals surface area contributed by atoms with E-state index in [9.17, 15) is 18.4 Å². The molecule has 2 aromatic rings. The molecule has 0 atom stereocenters. The summed E-state index contributed by atoms with van der Waals surface area (Å²) in [5, 5.41) is 0. The molecule has 7 heteroatoms. The van der Waals surface area contributed by atoms with Gasteiger partial charge in [-0.1, -0.05) is 0 Å². The summed E-state index contributed by atoms with van der Waals surface area (Å²) in [5.74, 6) is -1.53. The predicted octanol–water partition coefficient (Wildman–Crippen LogP) is 2.85. The van der Waals surface area contributed by atoms with Crippen molar-refractivity contribution in [1.29, 1.82) is 0 Å². The first-order valence-electron chi connectivity index (χ1n) is 7.23. The van der Waals surface area contributed by atoms with Gasteiger partial charge in [0.15, 0.2) is 5.75 Å². The van der Waals surface area contributed by atoms with Gasteiger partial charge in [0.05, 0.1) is 19.4 Å². The summed E-state index contributed by atoms with van der Waals surface area (Å²) >= 11 is 0. The monoisotopic (exact) mass is 337 g/mol. The van der Waals surface area contributed by atoms with Crippen molar-refractivity contribution >= 4 is 5.97 Å². The maximum Gasteiger partial charge on any atom is 0.342 e. The Labute approximate surface area is 137 Å². The van der Waals surface area contributed by atoms with Crippen molar-refractivity contribution in [2.45, 2.75) is 13.6 Å². The lowest BCUT2D eigenvalue weighted by Crippen LogP contribution is -2.24. The molecule has 0 saturated heterocycles. The number of benzene rings is 1. The lowest BCUT2D eigenvalue weighted by Gasteiger charge is -2.14. The van der Waals surface area contributed by atoms with E-state index in [4.69, 9.17) is 9.47 Å². The number of hydrogen-bond donors (Lipinski definition) is 0. The van der Waals surface area contributed by atoms with E-state index < -0.39 is 24.0 Å². The second-order valence-electron chi connectivity index (χ2n) is 5.04. The second-order valence-corrected chi connectivity index (χ2v) is 5.04. The van der Waals surface area contributed by atoms with Crippen LogP contribution in [-0.4, -0.2) is 24.3 Å². The summed E-state index contributed by atoms with van der Waals surface area (Å²) in [4.78, 5) is 24.5. The summed E-state index contributed by atoms with van der Waals surface area (Å²) in [5.41, 5.74) is 0.00655. The smallest absolute Gasteiger partial charge is 0.342 e. The number of nitrogens with zero attached hydrogens (tertiary/aromatic N) is 1. The molecule has 0 spiro atoms. The van der Waals surface area contributed by atoms with Crippen LogP contribution in [0.15, 0.2) is 29.1 Å². The highest BCUT2D eigenvalue weighted by molar-refractivity contribution is 5.93. The van der Waals surface area contributed by atoms with Gasteiger partial charge in [0.1, 0.15) is 18.1 Å². The van der Waals surface area contributed by atoms with Crippen molar-refractivity contribution in [2.24, 2.45) is 7.05 Å². The number of esters is 1.